The number of amides is 1. The summed E-state index contributed by atoms with van der Waals surface area (Å²) >= 11 is 0. The SMILES string of the molecule is COc1ccc(NC(=O)C2(C)CN(C)Cc3ccc(NCc4ccccc4)nc32)cc1. The lowest BCUT2D eigenvalue weighted by atomic mass is 9.79. The molecule has 0 spiro atoms. The first kappa shape index (κ1) is 20.9. The van der Waals surface area contributed by atoms with Crippen LogP contribution in [0.3, 0.4) is 0 Å². The fourth-order valence-electron chi connectivity index (χ4n) is 4.06. The van der Waals surface area contributed by atoms with E-state index in [4.69, 9.17) is 9.72 Å². The van der Waals surface area contributed by atoms with Crippen molar-refractivity contribution in [1.82, 2.24) is 9.88 Å². The summed E-state index contributed by atoms with van der Waals surface area (Å²) in [7, 11) is 3.65. The van der Waals surface area contributed by atoms with Gasteiger partial charge in [-0.2, -0.15) is 0 Å². The average molecular weight is 417 g/mol. The fourth-order valence-corrected chi connectivity index (χ4v) is 4.06. The molecule has 6 nitrogen and oxygen atoms in total. The molecular weight excluding hydrogens is 388 g/mol. The Hall–Kier alpha value is -3.38. The normalized spacial score (nSPS) is 18.2. The number of carbonyl (C=O) groups is 1. The molecule has 0 bridgehead atoms. The maximum atomic E-state index is 13.4. The minimum absolute atomic E-state index is 0.0711. The number of anilines is 2. The van der Waals surface area contributed by atoms with Crippen LogP contribution in [0.5, 0.6) is 5.75 Å². The number of nitrogens with one attached hydrogen (secondary N) is 2. The first-order chi connectivity index (χ1) is 15.0. The van der Waals surface area contributed by atoms with Gasteiger partial charge in [-0.3, -0.25) is 4.79 Å². The van der Waals surface area contributed by atoms with E-state index in [9.17, 15) is 4.79 Å². The van der Waals surface area contributed by atoms with Crippen LogP contribution in [0, 0.1) is 0 Å². The van der Waals surface area contributed by atoms with Crippen molar-refractivity contribution in [3.63, 3.8) is 0 Å². The molecule has 2 aromatic carbocycles. The maximum Gasteiger partial charge on any atom is 0.237 e. The number of hydrogen-bond acceptors (Lipinski definition) is 5. The van der Waals surface area contributed by atoms with E-state index in [0.29, 0.717) is 13.1 Å². The molecule has 0 aliphatic carbocycles. The molecule has 2 N–H and O–H groups in total. The first-order valence-corrected chi connectivity index (χ1v) is 10.4. The van der Waals surface area contributed by atoms with Gasteiger partial charge in [-0.05, 0) is 55.4 Å². The molecule has 1 amide bonds. The summed E-state index contributed by atoms with van der Waals surface area (Å²) in [4.78, 5) is 20.5. The van der Waals surface area contributed by atoms with Gasteiger partial charge in [0.15, 0.2) is 0 Å². The fraction of sp³-hybridized carbons (Fsp3) is 0.280. The summed E-state index contributed by atoms with van der Waals surface area (Å²) in [5.74, 6) is 1.46. The Morgan fingerprint density at radius 1 is 1.10 bits per heavy atom. The molecule has 3 aromatic rings. The largest absolute Gasteiger partial charge is 0.497 e. The molecule has 0 fully saturated rings. The molecular formula is C25H28N4O2. The predicted molar refractivity (Wildman–Crippen MR) is 123 cm³/mol. The predicted octanol–water partition coefficient (Wildman–Crippen LogP) is 4.04. The number of carbonyl (C=O) groups excluding carboxylic acids is 1. The number of likely N-dealkylation sites (N-methyl/N-ethyl adjacent to an activating group) is 1. The molecule has 6 heteroatoms. The van der Waals surface area contributed by atoms with E-state index in [2.05, 4.69) is 33.7 Å². The highest BCUT2D eigenvalue weighted by Crippen LogP contribution is 2.34. The van der Waals surface area contributed by atoms with E-state index in [1.165, 1.54) is 5.56 Å². The van der Waals surface area contributed by atoms with Crippen LogP contribution in [0.15, 0.2) is 66.7 Å². The minimum atomic E-state index is -0.771. The molecule has 1 aliphatic rings. The van der Waals surface area contributed by atoms with Gasteiger partial charge in [-0.1, -0.05) is 36.4 Å². The van der Waals surface area contributed by atoms with Crippen molar-refractivity contribution < 1.29 is 9.53 Å². The Morgan fingerprint density at radius 2 is 1.84 bits per heavy atom. The second-order valence-electron chi connectivity index (χ2n) is 8.23. The van der Waals surface area contributed by atoms with Crippen LogP contribution >= 0.6 is 0 Å². The number of pyridine rings is 1. The summed E-state index contributed by atoms with van der Waals surface area (Å²) in [6.45, 7) is 4.01. The van der Waals surface area contributed by atoms with Crippen LogP contribution in [-0.4, -0.2) is 36.5 Å². The second kappa shape index (κ2) is 8.78. The third-order valence-corrected chi connectivity index (χ3v) is 5.69. The Bertz CT molecular complexity index is 1050. The van der Waals surface area contributed by atoms with E-state index in [-0.39, 0.29) is 5.91 Å². The van der Waals surface area contributed by atoms with E-state index in [1.807, 2.05) is 62.5 Å². The zero-order chi connectivity index (χ0) is 21.8. The van der Waals surface area contributed by atoms with E-state index in [0.717, 1.165) is 35.1 Å². The van der Waals surface area contributed by atoms with E-state index >= 15 is 0 Å². The average Bonchev–Trinajstić information content (AvgIpc) is 2.79. The third-order valence-electron chi connectivity index (χ3n) is 5.69. The van der Waals surface area contributed by atoms with Gasteiger partial charge >= 0.3 is 0 Å². The molecule has 2 heterocycles. The van der Waals surface area contributed by atoms with Gasteiger partial charge in [0, 0.05) is 25.3 Å². The zero-order valence-electron chi connectivity index (χ0n) is 18.2. The second-order valence-corrected chi connectivity index (χ2v) is 8.23. The molecule has 1 unspecified atom stereocenters. The third kappa shape index (κ3) is 4.54. The van der Waals surface area contributed by atoms with Gasteiger partial charge in [-0.25, -0.2) is 4.98 Å². The number of fused-ring (bicyclic) bond motifs is 1. The highest BCUT2D eigenvalue weighted by atomic mass is 16.5. The molecule has 1 aliphatic heterocycles. The molecule has 0 saturated carbocycles. The number of benzene rings is 2. The van der Waals surface area contributed by atoms with Gasteiger partial charge < -0.3 is 20.3 Å². The molecule has 1 atom stereocenters. The Morgan fingerprint density at radius 3 is 2.55 bits per heavy atom. The van der Waals surface area contributed by atoms with Gasteiger partial charge in [0.2, 0.25) is 5.91 Å². The Balaban J connectivity index is 1.58. The lowest BCUT2D eigenvalue weighted by molar-refractivity contribution is -0.122. The van der Waals surface area contributed by atoms with Gasteiger partial charge in [0.05, 0.1) is 12.8 Å². The Kier molecular flexibility index (Phi) is 5.91. The molecule has 160 valence electrons. The maximum absolute atomic E-state index is 13.4. The zero-order valence-corrected chi connectivity index (χ0v) is 18.2. The first-order valence-electron chi connectivity index (χ1n) is 10.4. The summed E-state index contributed by atoms with van der Waals surface area (Å²) in [5, 5.41) is 6.45. The quantitative estimate of drug-likeness (QED) is 0.635. The summed E-state index contributed by atoms with van der Waals surface area (Å²) in [5.41, 5.74) is 3.05. The molecule has 0 radical (unpaired) electrons. The standard InChI is InChI=1S/C25H28N4O2/c1-25(24(30)27-20-10-12-21(31-3)13-11-20)17-29(2)16-19-9-14-22(28-23(19)25)26-15-18-7-5-4-6-8-18/h4-14H,15-17H2,1-3H3,(H,26,28)(H,27,30). The van der Waals surface area contributed by atoms with Crippen LogP contribution in [0.2, 0.25) is 0 Å². The number of ether oxygens (including phenoxy) is 1. The summed E-state index contributed by atoms with van der Waals surface area (Å²) in [6, 6.07) is 21.6. The van der Waals surface area contributed by atoms with Crippen LogP contribution in [-0.2, 0) is 23.3 Å². The molecule has 4 rings (SSSR count). The molecule has 31 heavy (non-hydrogen) atoms. The van der Waals surface area contributed by atoms with Crippen molar-refractivity contribution in [2.75, 3.05) is 31.3 Å². The lowest BCUT2D eigenvalue weighted by Crippen LogP contribution is -2.50. The van der Waals surface area contributed by atoms with E-state index < -0.39 is 5.41 Å². The topological polar surface area (TPSA) is 66.5 Å². The van der Waals surface area contributed by atoms with Crippen molar-refractivity contribution in [3.8, 4) is 5.75 Å². The van der Waals surface area contributed by atoms with Gasteiger partial charge in [0.25, 0.3) is 0 Å². The number of nitrogens with zero attached hydrogens (tertiary/aromatic N) is 2. The minimum Gasteiger partial charge on any atom is -0.497 e. The number of aromatic nitrogens is 1. The highest BCUT2D eigenvalue weighted by Gasteiger charge is 2.42. The van der Waals surface area contributed by atoms with Crippen LogP contribution in [0.1, 0.15) is 23.7 Å². The molecule has 1 aromatic heterocycles. The smallest absolute Gasteiger partial charge is 0.237 e. The number of rotatable bonds is 6. The molecule has 0 saturated heterocycles. The monoisotopic (exact) mass is 416 g/mol. The van der Waals surface area contributed by atoms with E-state index in [1.54, 1.807) is 7.11 Å². The summed E-state index contributed by atoms with van der Waals surface area (Å²) < 4.78 is 5.20. The lowest BCUT2D eigenvalue weighted by Gasteiger charge is -2.38. The van der Waals surface area contributed by atoms with Crippen molar-refractivity contribution in [1.29, 1.82) is 0 Å². The van der Waals surface area contributed by atoms with Crippen molar-refractivity contribution >= 4 is 17.4 Å². The van der Waals surface area contributed by atoms with Crippen LogP contribution in [0.25, 0.3) is 0 Å². The Labute approximate surface area is 183 Å². The highest BCUT2D eigenvalue weighted by molar-refractivity contribution is 5.99. The van der Waals surface area contributed by atoms with Crippen molar-refractivity contribution in [2.45, 2.75) is 25.4 Å². The van der Waals surface area contributed by atoms with Crippen molar-refractivity contribution in [2.24, 2.45) is 0 Å². The number of methoxy groups -OCH3 is 1. The van der Waals surface area contributed by atoms with Crippen LogP contribution < -0.4 is 15.4 Å². The van der Waals surface area contributed by atoms with Gasteiger partial charge in [0.1, 0.15) is 17.0 Å². The van der Waals surface area contributed by atoms with Crippen LogP contribution in [0.4, 0.5) is 11.5 Å². The van der Waals surface area contributed by atoms with Crippen molar-refractivity contribution in [3.05, 3.63) is 83.6 Å². The summed E-state index contributed by atoms with van der Waals surface area (Å²) in [6.07, 6.45) is 0. The number of hydrogen-bond donors (Lipinski definition) is 2. The van der Waals surface area contributed by atoms with Gasteiger partial charge in [-0.15, -0.1) is 0 Å².